The summed E-state index contributed by atoms with van der Waals surface area (Å²) in [6.45, 7) is 1.37. The van der Waals surface area contributed by atoms with E-state index in [2.05, 4.69) is 0 Å². The number of carbonyl (C=O) groups excluding carboxylic acids is 1. The Hall–Kier alpha value is -1.42. The van der Waals surface area contributed by atoms with Crippen LogP contribution in [0.4, 0.5) is 4.39 Å². The highest BCUT2D eigenvalue weighted by molar-refractivity contribution is 5.94. The van der Waals surface area contributed by atoms with Crippen molar-refractivity contribution in [2.45, 2.75) is 18.9 Å². The molecule has 0 radical (unpaired) electrons. The summed E-state index contributed by atoms with van der Waals surface area (Å²) in [4.78, 5) is 13.8. The Kier molecular flexibility index (Phi) is 3.19. The summed E-state index contributed by atoms with van der Waals surface area (Å²) >= 11 is 0. The number of nitrogens with zero attached hydrogens (tertiary/aromatic N) is 1. The molecule has 86 valence electrons. The first-order chi connectivity index (χ1) is 7.72. The summed E-state index contributed by atoms with van der Waals surface area (Å²) in [6, 6.07) is 5.93. The number of amides is 1. The number of halogens is 1. The van der Waals surface area contributed by atoms with E-state index >= 15 is 0 Å². The fraction of sp³-hybridized carbons (Fsp3) is 0.417. The highest BCUT2D eigenvalue weighted by Gasteiger charge is 2.31. The van der Waals surface area contributed by atoms with Crippen LogP contribution in [0.5, 0.6) is 0 Å². The van der Waals surface area contributed by atoms with E-state index in [0.717, 1.165) is 19.4 Å². The van der Waals surface area contributed by atoms with Crippen LogP contribution in [0.3, 0.4) is 0 Å². The van der Waals surface area contributed by atoms with Crippen molar-refractivity contribution in [2.75, 3.05) is 13.1 Å². The molecule has 1 saturated heterocycles. The number of hydrogen-bond donors (Lipinski definition) is 1. The third-order valence-corrected chi connectivity index (χ3v) is 3.00. The Bertz CT molecular complexity index is 377. The van der Waals surface area contributed by atoms with Crippen molar-refractivity contribution in [1.82, 2.24) is 4.90 Å². The summed E-state index contributed by atoms with van der Waals surface area (Å²) < 4.78 is 12.7. The second-order valence-electron chi connectivity index (χ2n) is 4.03. The van der Waals surface area contributed by atoms with E-state index in [4.69, 9.17) is 5.73 Å². The zero-order valence-corrected chi connectivity index (χ0v) is 9.03. The lowest BCUT2D eigenvalue weighted by Crippen LogP contribution is -2.51. The Balaban J connectivity index is 2.05. The Labute approximate surface area is 94.0 Å². The van der Waals surface area contributed by atoms with Crippen LogP contribution in [-0.4, -0.2) is 29.9 Å². The number of hydrogen-bond acceptors (Lipinski definition) is 2. The van der Waals surface area contributed by atoms with Gasteiger partial charge in [-0.25, -0.2) is 4.39 Å². The quantitative estimate of drug-likeness (QED) is 0.840. The minimum absolute atomic E-state index is 0.0234. The molecular weight excluding hydrogens is 207 g/mol. The Morgan fingerprint density at radius 1 is 1.44 bits per heavy atom. The number of rotatable bonds is 3. The summed E-state index contributed by atoms with van der Waals surface area (Å²) in [6.07, 6.45) is 1.86. The second kappa shape index (κ2) is 4.61. The van der Waals surface area contributed by atoms with Crippen LogP contribution in [0.25, 0.3) is 0 Å². The second-order valence-corrected chi connectivity index (χ2v) is 4.03. The molecule has 1 unspecified atom stereocenters. The van der Waals surface area contributed by atoms with Gasteiger partial charge in [0.05, 0.1) is 0 Å². The molecule has 1 atom stereocenters. The predicted molar refractivity (Wildman–Crippen MR) is 59.5 cm³/mol. The molecule has 1 fully saturated rings. The number of carbonyl (C=O) groups is 1. The lowest BCUT2D eigenvalue weighted by molar-refractivity contribution is 0.0450. The molecule has 16 heavy (non-hydrogen) atoms. The molecule has 0 saturated carbocycles. The van der Waals surface area contributed by atoms with E-state index in [1.165, 1.54) is 24.3 Å². The van der Waals surface area contributed by atoms with Crippen LogP contribution in [0.1, 0.15) is 23.2 Å². The third kappa shape index (κ3) is 2.07. The monoisotopic (exact) mass is 222 g/mol. The SMILES string of the molecule is NCCC1CCN1C(=O)c1ccc(F)cc1. The number of nitrogens with two attached hydrogens (primary N) is 1. The van der Waals surface area contributed by atoms with E-state index in [9.17, 15) is 9.18 Å². The van der Waals surface area contributed by atoms with Gasteiger partial charge in [0.15, 0.2) is 0 Å². The van der Waals surface area contributed by atoms with Gasteiger partial charge >= 0.3 is 0 Å². The fourth-order valence-corrected chi connectivity index (χ4v) is 1.96. The molecule has 2 rings (SSSR count). The van der Waals surface area contributed by atoms with Crippen molar-refractivity contribution < 1.29 is 9.18 Å². The van der Waals surface area contributed by atoms with Gasteiger partial charge in [-0.3, -0.25) is 4.79 Å². The zero-order chi connectivity index (χ0) is 11.5. The van der Waals surface area contributed by atoms with Gasteiger partial charge in [0.25, 0.3) is 5.91 Å². The van der Waals surface area contributed by atoms with Crippen LogP contribution >= 0.6 is 0 Å². The normalized spacial score (nSPS) is 19.4. The molecule has 2 N–H and O–H groups in total. The maximum Gasteiger partial charge on any atom is 0.254 e. The van der Waals surface area contributed by atoms with E-state index in [1.54, 1.807) is 4.90 Å². The minimum Gasteiger partial charge on any atom is -0.335 e. The lowest BCUT2D eigenvalue weighted by Gasteiger charge is -2.41. The third-order valence-electron chi connectivity index (χ3n) is 3.00. The minimum atomic E-state index is -0.321. The van der Waals surface area contributed by atoms with Crippen LogP contribution in [-0.2, 0) is 0 Å². The van der Waals surface area contributed by atoms with Gasteiger partial charge in [-0.2, -0.15) is 0 Å². The lowest BCUT2D eigenvalue weighted by atomic mass is 9.98. The molecule has 1 aliphatic heterocycles. The van der Waals surface area contributed by atoms with Gasteiger partial charge in [0.1, 0.15) is 5.82 Å². The van der Waals surface area contributed by atoms with Crippen molar-refractivity contribution in [3.63, 3.8) is 0 Å². The summed E-state index contributed by atoms with van der Waals surface area (Å²) in [7, 11) is 0. The van der Waals surface area contributed by atoms with E-state index < -0.39 is 0 Å². The Morgan fingerprint density at radius 2 is 2.12 bits per heavy atom. The molecule has 1 heterocycles. The predicted octanol–water partition coefficient (Wildman–Crippen LogP) is 1.39. The highest BCUT2D eigenvalue weighted by Crippen LogP contribution is 2.22. The molecule has 1 aromatic carbocycles. The van der Waals surface area contributed by atoms with Crippen LogP contribution in [0, 0.1) is 5.82 Å². The Morgan fingerprint density at radius 3 is 2.62 bits per heavy atom. The van der Waals surface area contributed by atoms with Gasteiger partial charge < -0.3 is 10.6 Å². The van der Waals surface area contributed by atoms with Crippen molar-refractivity contribution in [3.05, 3.63) is 35.6 Å². The molecule has 1 aliphatic rings. The van der Waals surface area contributed by atoms with Gasteiger partial charge in [-0.05, 0) is 43.7 Å². The maximum absolute atomic E-state index is 12.7. The average molecular weight is 222 g/mol. The maximum atomic E-state index is 12.7. The molecule has 0 spiro atoms. The molecule has 4 heteroatoms. The first-order valence-corrected chi connectivity index (χ1v) is 5.49. The van der Waals surface area contributed by atoms with Crippen LogP contribution in [0.15, 0.2) is 24.3 Å². The number of benzene rings is 1. The van der Waals surface area contributed by atoms with Gasteiger partial charge in [0.2, 0.25) is 0 Å². The first kappa shape index (κ1) is 11.1. The van der Waals surface area contributed by atoms with Crippen molar-refractivity contribution in [2.24, 2.45) is 5.73 Å². The van der Waals surface area contributed by atoms with E-state index in [0.29, 0.717) is 12.1 Å². The van der Waals surface area contributed by atoms with Crippen molar-refractivity contribution >= 4 is 5.91 Å². The topological polar surface area (TPSA) is 46.3 Å². The fourth-order valence-electron chi connectivity index (χ4n) is 1.96. The standard InChI is InChI=1S/C12H15FN2O/c13-10-3-1-9(2-4-10)12(16)15-8-6-11(15)5-7-14/h1-4,11H,5-8,14H2. The molecule has 1 aromatic rings. The van der Waals surface area contributed by atoms with Crippen molar-refractivity contribution in [3.8, 4) is 0 Å². The highest BCUT2D eigenvalue weighted by atomic mass is 19.1. The molecule has 0 aromatic heterocycles. The summed E-state index contributed by atoms with van der Waals surface area (Å²) in [5.74, 6) is -0.344. The van der Waals surface area contributed by atoms with Crippen LogP contribution < -0.4 is 5.73 Å². The molecule has 0 bridgehead atoms. The van der Waals surface area contributed by atoms with Gasteiger partial charge in [-0.15, -0.1) is 0 Å². The summed E-state index contributed by atoms with van der Waals surface area (Å²) in [5, 5.41) is 0. The smallest absolute Gasteiger partial charge is 0.254 e. The molecular formula is C12H15FN2O. The largest absolute Gasteiger partial charge is 0.335 e. The van der Waals surface area contributed by atoms with Crippen molar-refractivity contribution in [1.29, 1.82) is 0 Å². The van der Waals surface area contributed by atoms with Crippen LogP contribution in [0.2, 0.25) is 0 Å². The van der Waals surface area contributed by atoms with E-state index in [1.807, 2.05) is 0 Å². The van der Waals surface area contributed by atoms with Gasteiger partial charge in [-0.1, -0.05) is 0 Å². The van der Waals surface area contributed by atoms with E-state index in [-0.39, 0.29) is 17.8 Å². The molecule has 0 aliphatic carbocycles. The number of likely N-dealkylation sites (tertiary alicyclic amines) is 1. The summed E-state index contributed by atoms with van der Waals surface area (Å²) in [5.41, 5.74) is 6.02. The molecule has 3 nitrogen and oxygen atoms in total. The van der Waals surface area contributed by atoms with Gasteiger partial charge in [0, 0.05) is 18.2 Å². The zero-order valence-electron chi connectivity index (χ0n) is 9.03. The molecule has 1 amide bonds. The first-order valence-electron chi connectivity index (χ1n) is 5.49. The average Bonchev–Trinajstić information content (AvgIpc) is 2.25.